The smallest absolute Gasteiger partial charge is 0.248 e. The third-order valence-electron chi connectivity index (χ3n) is 2.97. The van der Waals surface area contributed by atoms with Crippen LogP contribution in [-0.4, -0.2) is 67.6 Å². The Bertz CT molecular complexity index is 275. The number of nitrogens with two attached hydrogens (primary N) is 1. The first-order valence-corrected chi connectivity index (χ1v) is 5.91. The monoisotopic (exact) mass is 243 g/mol. The lowest BCUT2D eigenvalue weighted by Gasteiger charge is -2.35. The largest absolute Gasteiger partial charge is 0.375 e. The summed E-state index contributed by atoms with van der Waals surface area (Å²) in [6.45, 7) is 4.22. The van der Waals surface area contributed by atoms with Gasteiger partial charge in [0.1, 0.15) is 6.61 Å². The lowest BCUT2D eigenvalue weighted by Crippen LogP contribution is -2.54. The van der Waals surface area contributed by atoms with E-state index in [0.717, 1.165) is 0 Å². The second-order valence-corrected chi connectivity index (χ2v) is 4.15. The molecule has 17 heavy (non-hydrogen) atoms. The standard InChI is InChI=1S/C11H21N3O3/c1-3-9(12)11(16)14-6-4-13(5-7-14)10(15)8-17-2/h9H,3-8,12H2,1-2H3/t9-/m0/s1. The molecule has 1 saturated heterocycles. The lowest BCUT2D eigenvalue weighted by atomic mass is 10.2. The van der Waals surface area contributed by atoms with Crippen molar-refractivity contribution in [3.05, 3.63) is 0 Å². The minimum absolute atomic E-state index is 0.0219. The maximum absolute atomic E-state index is 11.8. The molecule has 1 rings (SSSR count). The Labute approximate surface area is 102 Å². The van der Waals surface area contributed by atoms with Gasteiger partial charge in [-0.2, -0.15) is 0 Å². The molecule has 0 bridgehead atoms. The van der Waals surface area contributed by atoms with Crippen molar-refractivity contribution in [2.75, 3.05) is 39.9 Å². The zero-order chi connectivity index (χ0) is 12.8. The highest BCUT2D eigenvalue weighted by Crippen LogP contribution is 2.05. The van der Waals surface area contributed by atoms with Crippen molar-refractivity contribution in [1.29, 1.82) is 0 Å². The van der Waals surface area contributed by atoms with Crippen molar-refractivity contribution >= 4 is 11.8 Å². The maximum Gasteiger partial charge on any atom is 0.248 e. The summed E-state index contributed by atoms with van der Waals surface area (Å²) in [4.78, 5) is 26.8. The Kier molecular flexibility index (Phi) is 5.37. The highest BCUT2D eigenvalue weighted by atomic mass is 16.5. The number of methoxy groups -OCH3 is 1. The number of carbonyl (C=O) groups is 2. The minimum atomic E-state index is -0.420. The van der Waals surface area contributed by atoms with Crippen molar-refractivity contribution in [1.82, 2.24) is 9.80 Å². The number of nitrogens with zero attached hydrogens (tertiary/aromatic N) is 2. The first-order valence-electron chi connectivity index (χ1n) is 5.91. The summed E-state index contributed by atoms with van der Waals surface area (Å²) in [7, 11) is 1.50. The van der Waals surface area contributed by atoms with Crippen molar-refractivity contribution in [2.24, 2.45) is 5.73 Å². The first-order chi connectivity index (χ1) is 8.10. The molecule has 0 aliphatic carbocycles. The van der Waals surface area contributed by atoms with E-state index in [1.54, 1.807) is 9.80 Å². The SMILES string of the molecule is CC[C@H](N)C(=O)N1CCN(C(=O)COC)CC1. The van der Waals surface area contributed by atoms with Gasteiger partial charge in [-0.05, 0) is 6.42 Å². The van der Waals surface area contributed by atoms with Gasteiger partial charge < -0.3 is 20.3 Å². The molecule has 0 aromatic carbocycles. The molecule has 0 unspecified atom stereocenters. The van der Waals surface area contributed by atoms with Crippen molar-refractivity contribution in [3.63, 3.8) is 0 Å². The normalized spacial score (nSPS) is 18.1. The zero-order valence-electron chi connectivity index (χ0n) is 10.5. The van der Waals surface area contributed by atoms with Crippen LogP contribution in [0, 0.1) is 0 Å². The van der Waals surface area contributed by atoms with Gasteiger partial charge in [-0.1, -0.05) is 6.92 Å². The number of ether oxygens (including phenoxy) is 1. The Morgan fingerprint density at radius 2 is 1.76 bits per heavy atom. The number of rotatable bonds is 4. The van der Waals surface area contributed by atoms with E-state index in [1.807, 2.05) is 6.92 Å². The van der Waals surface area contributed by atoms with E-state index in [1.165, 1.54) is 7.11 Å². The molecular weight excluding hydrogens is 222 g/mol. The molecule has 6 nitrogen and oxygen atoms in total. The summed E-state index contributed by atoms with van der Waals surface area (Å²) in [6.07, 6.45) is 0.641. The molecule has 0 aromatic rings. The van der Waals surface area contributed by atoms with E-state index in [-0.39, 0.29) is 18.4 Å². The van der Waals surface area contributed by atoms with Gasteiger partial charge in [0.15, 0.2) is 0 Å². The topological polar surface area (TPSA) is 75.9 Å². The molecule has 0 radical (unpaired) electrons. The molecule has 1 atom stereocenters. The molecule has 1 aliphatic rings. The van der Waals surface area contributed by atoms with E-state index in [9.17, 15) is 9.59 Å². The Hall–Kier alpha value is -1.14. The number of carbonyl (C=O) groups excluding carboxylic acids is 2. The second kappa shape index (κ2) is 6.56. The van der Waals surface area contributed by atoms with E-state index in [0.29, 0.717) is 32.6 Å². The fourth-order valence-electron chi connectivity index (χ4n) is 1.80. The van der Waals surface area contributed by atoms with Gasteiger partial charge in [-0.15, -0.1) is 0 Å². The fraction of sp³-hybridized carbons (Fsp3) is 0.818. The van der Waals surface area contributed by atoms with Crippen LogP contribution in [0.3, 0.4) is 0 Å². The molecule has 2 N–H and O–H groups in total. The summed E-state index contributed by atoms with van der Waals surface area (Å²) in [5, 5.41) is 0. The van der Waals surface area contributed by atoms with Gasteiger partial charge in [0.25, 0.3) is 0 Å². The molecule has 0 spiro atoms. The summed E-state index contributed by atoms with van der Waals surface area (Å²) in [5.41, 5.74) is 5.70. The van der Waals surface area contributed by atoms with E-state index < -0.39 is 6.04 Å². The average Bonchev–Trinajstić information content (AvgIpc) is 2.37. The van der Waals surface area contributed by atoms with Crippen LogP contribution in [0.5, 0.6) is 0 Å². The average molecular weight is 243 g/mol. The molecule has 98 valence electrons. The number of amides is 2. The fourth-order valence-corrected chi connectivity index (χ4v) is 1.80. The molecule has 1 aliphatic heterocycles. The second-order valence-electron chi connectivity index (χ2n) is 4.15. The molecule has 6 heteroatoms. The predicted octanol–water partition coefficient (Wildman–Crippen LogP) is -0.959. The quantitative estimate of drug-likeness (QED) is 0.690. The van der Waals surface area contributed by atoms with Gasteiger partial charge in [-0.3, -0.25) is 9.59 Å². The maximum atomic E-state index is 11.8. The summed E-state index contributed by atoms with van der Waals surface area (Å²) in [5.74, 6) is -0.0503. The predicted molar refractivity (Wildman–Crippen MR) is 63.3 cm³/mol. The zero-order valence-corrected chi connectivity index (χ0v) is 10.5. The van der Waals surface area contributed by atoms with Gasteiger partial charge in [0.2, 0.25) is 11.8 Å². The van der Waals surface area contributed by atoms with Crippen LogP contribution in [-0.2, 0) is 14.3 Å². The van der Waals surface area contributed by atoms with Crippen LogP contribution >= 0.6 is 0 Å². The lowest BCUT2D eigenvalue weighted by molar-refractivity contribution is -0.142. The summed E-state index contributed by atoms with van der Waals surface area (Å²) >= 11 is 0. The molecule has 0 saturated carbocycles. The molecule has 2 amide bonds. The highest BCUT2D eigenvalue weighted by molar-refractivity contribution is 5.82. The number of hydrogen-bond acceptors (Lipinski definition) is 4. The van der Waals surface area contributed by atoms with E-state index in [2.05, 4.69) is 0 Å². The van der Waals surface area contributed by atoms with Gasteiger partial charge in [-0.25, -0.2) is 0 Å². The number of hydrogen-bond donors (Lipinski definition) is 1. The van der Waals surface area contributed by atoms with Crippen molar-refractivity contribution < 1.29 is 14.3 Å². The molecule has 1 heterocycles. The summed E-state index contributed by atoms with van der Waals surface area (Å²) < 4.78 is 4.80. The Morgan fingerprint density at radius 3 is 2.24 bits per heavy atom. The Balaban J connectivity index is 2.40. The van der Waals surface area contributed by atoms with Crippen LogP contribution in [0.25, 0.3) is 0 Å². The summed E-state index contributed by atoms with van der Waals surface area (Å²) in [6, 6.07) is -0.420. The van der Waals surface area contributed by atoms with Gasteiger partial charge in [0.05, 0.1) is 6.04 Å². The van der Waals surface area contributed by atoms with Crippen molar-refractivity contribution in [2.45, 2.75) is 19.4 Å². The van der Waals surface area contributed by atoms with Crippen LogP contribution in [0.4, 0.5) is 0 Å². The van der Waals surface area contributed by atoms with Crippen molar-refractivity contribution in [3.8, 4) is 0 Å². The van der Waals surface area contributed by atoms with E-state index in [4.69, 9.17) is 10.5 Å². The molecular formula is C11H21N3O3. The van der Waals surface area contributed by atoms with Crippen LogP contribution in [0.1, 0.15) is 13.3 Å². The van der Waals surface area contributed by atoms with Crippen LogP contribution in [0.15, 0.2) is 0 Å². The van der Waals surface area contributed by atoms with E-state index >= 15 is 0 Å². The first kappa shape index (κ1) is 13.9. The molecule has 1 fully saturated rings. The van der Waals surface area contributed by atoms with Gasteiger partial charge >= 0.3 is 0 Å². The van der Waals surface area contributed by atoms with Crippen LogP contribution in [0.2, 0.25) is 0 Å². The third-order valence-corrected chi connectivity index (χ3v) is 2.97. The third kappa shape index (κ3) is 3.67. The molecule has 0 aromatic heterocycles. The van der Waals surface area contributed by atoms with Gasteiger partial charge in [0, 0.05) is 33.3 Å². The minimum Gasteiger partial charge on any atom is -0.375 e. The highest BCUT2D eigenvalue weighted by Gasteiger charge is 2.26. The Morgan fingerprint density at radius 1 is 1.24 bits per heavy atom. The van der Waals surface area contributed by atoms with Crippen LogP contribution < -0.4 is 5.73 Å². The number of piperazine rings is 1.